The molecule has 3 aromatic rings. The summed E-state index contributed by atoms with van der Waals surface area (Å²) in [5.74, 6) is 1.12. The Morgan fingerprint density at radius 2 is 1.62 bits per heavy atom. The summed E-state index contributed by atoms with van der Waals surface area (Å²) >= 11 is 0. The minimum Gasteiger partial charge on any atom is -0.492 e. The lowest BCUT2D eigenvalue weighted by Crippen LogP contribution is -2.27. The Morgan fingerprint density at radius 3 is 2.24 bits per heavy atom. The first-order valence-corrected chi connectivity index (χ1v) is 9.83. The summed E-state index contributed by atoms with van der Waals surface area (Å²) in [6.45, 7) is 7.84. The second kappa shape index (κ2) is 10.3. The molecule has 0 fully saturated rings. The number of hydrogen-bond acceptors (Lipinski definition) is 5. The molecule has 150 valence electrons. The Balaban J connectivity index is 1.54. The van der Waals surface area contributed by atoms with Gasteiger partial charge in [-0.3, -0.25) is 4.79 Å². The Bertz CT molecular complexity index is 892. The number of nitrogens with zero attached hydrogens (tertiary/aromatic N) is 3. The van der Waals surface area contributed by atoms with E-state index in [-0.39, 0.29) is 5.91 Å². The third-order valence-corrected chi connectivity index (χ3v) is 4.63. The summed E-state index contributed by atoms with van der Waals surface area (Å²) in [5, 5.41) is 2.85. The van der Waals surface area contributed by atoms with E-state index < -0.39 is 0 Å². The van der Waals surface area contributed by atoms with E-state index in [0.29, 0.717) is 23.7 Å². The number of carbonyl (C=O) groups is 1. The largest absolute Gasteiger partial charge is 0.492 e. The van der Waals surface area contributed by atoms with Crippen molar-refractivity contribution in [3.63, 3.8) is 0 Å². The maximum absolute atomic E-state index is 12.4. The van der Waals surface area contributed by atoms with Crippen LogP contribution >= 0.6 is 0 Å². The van der Waals surface area contributed by atoms with E-state index in [1.54, 1.807) is 0 Å². The highest BCUT2D eigenvalue weighted by Gasteiger charge is 2.09. The highest BCUT2D eigenvalue weighted by atomic mass is 16.5. The summed E-state index contributed by atoms with van der Waals surface area (Å²) in [6, 6.07) is 17.0. The van der Waals surface area contributed by atoms with E-state index in [9.17, 15) is 4.79 Å². The van der Waals surface area contributed by atoms with E-state index in [1.807, 2.05) is 54.6 Å². The van der Waals surface area contributed by atoms with E-state index >= 15 is 0 Å². The predicted octanol–water partition coefficient (Wildman–Crippen LogP) is 4.12. The van der Waals surface area contributed by atoms with Crippen LogP contribution in [0.5, 0.6) is 5.75 Å². The number of amides is 1. The summed E-state index contributed by atoms with van der Waals surface area (Å²) in [5.41, 5.74) is 2.01. The molecule has 0 spiro atoms. The van der Waals surface area contributed by atoms with Crippen LogP contribution in [0.25, 0.3) is 11.4 Å². The number of likely N-dealkylation sites (N-methyl/N-ethyl adjacent to an activating group) is 1. The van der Waals surface area contributed by atoms with Crippen molar-refractivity contribution in [3.8, 4) is 17.1 Å². The quantitative estimate of drug-likeness (QED) is 0.595. The fraction of sp³-hybridized carbons (Fsp3) is 0.261. The lowest BCUT2D eigenvalue weighted by molar-refractivity contribution is 0.102. The van der Waals surface area contributed by atoms with Crippen molar-refractivity contribution in [2.45, 2.75) is 13.8 Å². The number of carbonyl (C=O) groups excluding carboxylic acids is 1. The van der Waals surface area contributed by atoms with Gasteiger partial charge >= 0.3 is 0 Å². The van der Waals surface area contributed by atoms with Crippen molar-refractivity contribution in [2.75, 3.05) is 31.6 Å². The SMILES string of the molecule is CCN(CC)CCOc1ccc(NC(=O)c2cnc(-c3ccccc3)nc2)cc1. The molecule has 1 amide bonds. The van der Waals surface area contributed by atoms with Crippen LogP contribution < -0.4 is 10.1 Å². The second-order valence-electron chi connectivity index (χ2n) is 6.52. The van der Waals surface area contributed by atoms with Crippen LogP contribution in [0.1, 0.15) is 24.2 Å². The van der Waals surface area contributed by atoms with E-state index in [4.69, 9.17) is 4.74 Å². The van der Waals surface area contributed by atoms with Gasteiger partial charge in [-0.05, 0) is 37.4 Å². The summed E-state index contributed by atoms with van der Waals surface area (Å²) in [6.07, 6.45) is 3.07. The van der Waals surface area contributed by atoms with Crippen molar-refractivity contribution < 1.29 is 9.53 Å². The summed E-state index contributed by atoms with van der Waals surface area (Å²) < 4.78 is 5.77. The molecule has 6 nitrogen and oxygen atoms in total. The maximum atomic E-state index is 12.4. The van der Waals surface area contributed by atoms with Gasteiger partial charge < -0.3 is 15.0 Å². The molecular weight excluding hydrogens is 364 g/mol. The molecule has 1 aromatic heterocycles. The molecule has 0 saturated carbocycles. The van der Waals surface area contributed by atoms with Gasteiger partial charge in [0.1, 0.15) is 12.4 Å². The van der Waals surface area contributed by atoms with E-state index in [1.165, 1.54) is 12.4 Å². The number of anilines is 1. The molecule has 1 N–H and O–H groups in total. The molecule has 0 atom stereocenters. The molecule has 0 aliphatic heterocycles. The smallest absolute Gasteiger partial charge is 0.258 e. The molecule has 29 heavy (non-hydrogen) atoms. The number of aromatic nitrogens is 2. The number of rotatable bonds is 9. The number of nitrogens with one attached hydrogen (secondary N) is 1. The van der Waals surface area contributed by atoms with Gasteiger partial charge in [-0.15, -0.1) is 0 Å². The summed E-state index contributed by atoms with van der Waals surface area (Å²) in [4.78, 5) is 23.3. The zero-order valence-electron chi connectivity index (χ0n) is 16.8. The van der Waals surface area contributed by atoms with Gasteiger partial charge in [0.05, 0.1) is 5.56 Å². The standard InChI is InChI=1S/C23H26N4O2/c1-3-27(4-2)14-15-29-21-12-10-20(11-13-21)26-23(28)19-16-24-22(25-17-19)18-8-6-5-7-9-18/h5-13,16-17H,3-4,14-15H2,1-2H3,(H,26,28). The molecular formula is C23H26N4O2. The van der Waals surface area contributed by atoms with Gasteiger partial charge in [0.15, 0.2) is 5.82 Å². The van der Waals surface area contributed by atoms with Crippen molar-refractivity contribution in [1.29, 1.82) is 0 Å². The van der Waals surface area contributed by atoms with Crippen molar-refractivity contribution in [1.82, 2.24) is 14.9 Å². The molecule has 2 aromatic carbocycles. The van der Waals surface area contributed by atoms with Crippen LogP contribution in [0.3, 0.4) is 0 Å². The molecule has 0 aliphatic rings. The number of hydrogen-bond donors (Lipinski definition) is 1. The normalized spacial score (nSPS) is 10.7. The minimum absolute atomic E-state index is 0.250. The van der Waals surface area contributed by atoms with E-state index in [0.717, 1.165) is 30.9 Å². The van der Waals surface area contributed by atoms with Crippen LogP contribution in [0.2, 0.25) is 0 Å². The van der Waals surface area contributed by atoms with Crippen molar-refractivity contribution in [2.24, 2.45) is 0 Å². The van der Waals surface area contributed by atoms with E-state index in [2.05, 4.69) is 34.0 Å². The van der Waals surface area contributed by atoms with Gasteiger partial charge in [-0.2, -0.15) is 0 Å². The fourth-order valence-corrected chi connectivity index (χ4v) is 2.85. The Kier molecular flexibility index (Phi) is 7.30. The molecule has 0 saturated heterocycles. The topological polar surface area (TPSA) is 67.3 Å². The minimum atomic E-state index is -0.250. The zero-order chi connectivity index (χ0) is 20.5. The zero-order valence-corrected chi connectivity index (χ0v) is 16.8. The third kappa shape index (κ3) is 5.86. The molecule has 0 bridgehead atoms. The van der Waals surface area contributed by atoms with Crippen LogP contribution in [0.15, 0.2) is 67.0 Å². The molecule has 3 rings (SSSR count). The van der Waals surface area contributed by atoms with Crippen LogP contribution in [-0.2, 0) is 0 Å². The predicted molar refractivity (Wildman–Crippen MR) is 115 cm³/mol. The lowest BCUT2D eigenvalue weighted by atomic mass is 10.2. The average Bonchev–Trinajstić information content (AvgIpc) is 2.78. The highest BCUT2D eigenvalue weighted by Crippen LogP contribution is 2.17. The second-order valence-corrected chi connectivity index (χ2v) is 6.52. The molecule has 6 heteroatoms. The van der Waals surface area contributed by atoms with Crippen molar-refractivity contribution in [3.05, 3.63) is 72.6 Å². The summed E-state index contributed by atoms with van der Waals surface area (Å²) in [7, 11) is 0. The number of benzene rings is 2. The van der Waals surface area contributed by atoms with Gasteiger partial charge in [-0.1, -0.05) is 44.2 Å². The average molecular weight is 390 g/mol. The first-order valence-electron chi connectivity index (χ1n) is 9.83. The molecule has 0 unspecified atom stereocenters. The Morgan fingerprint density at radius 1 is 0.966 bits per heavy atom. The van der Waals surface area contributed by atoms with Crippen LogP contribution in [0.4, 0.5) is 5.69 Å². The number of ether oxygens (including phenoxy) is 1. The fourth-order valence-electron chi connectivity index (χ4n) is 2.85. The van der Waals surface area contributed by atoms with Gasteiger partial charge in [0, 0.05) is 30.2 Å². The third-order valence-electron chi connectivity index (χ3n) is 4.63. The Labute approximate surface area is 171 Å². The molecule has 0 aliphatic carbocycles. The monoisotopic (exact) mass is 390 g/mol. The first-order chi connectivity index (χ1) is 14.2. The molecule has 0 radical (unpaired) electrons. The first kappa shape index (κ1) is 20.5. The Hall–Kier alpha value is -3.25. The highest BCUT2D eigenvalue weighted by molar-refractivity contribution is 6.03. The van der Waals surface area contributed by atoms with Crippen LogP contribution in [0, 0.1) is 0 Å². The van der Waals surface area contributed by atoms with Crippen LogP contribution in [-0.4, -0.2) is 47.0 Å². The lowest BCUT2D eigenvalue weighted by Gasteiger charge is -2.18. The molecule has 1 heterocycles. The van der Waals surface area contributed by atoms with Gasteiger partial charge in [0.2, 0.25) is 0 Å². The maximum Gasteiger partial charge on any atom is 0.258 e. The van der Waals surface area contributed by atoms with Gasteiger partial charge in [-0.25, -0.2) is 9.97 Å². The van der Waals surface area contributed by atoms with Crippen molar-refractivity contribution >= 4 is 11.6 Å². The van der Waals surface area contributed by atoms with Gasteiger partial charge in [0.25, 0.3) is 5.91 Å².